The number of piperazine rings is 1. The highest BCUT2D eigenvalue weighted by molar-refractivity contribution is 6.30. The molecule has 0 saturated carbocycles. The quantitative estimate of drug-likeness (QED) is 0.467. The van der Waals surface area contributed by atoms with Gasteiger partial charge in [-0.15, -0.1) is 0 Å². The number of carbonyl (C=O) groups is 1. The highest BCUT2D eigenvalue weighted by Gasteiger charge is 2.22. The van der Waals surface area contributed by atoms with Crippen LogP contribution in [-0.2, 0) is 11.3 Å². The third-order valence-electron chi connectivity index (χ3n) is 5.13. The molecule has 0 radical (unpaired) electrons. The number of non-ortho nitro benzene ring substituents is 1. The Hall–Kier alpha value is -3.46. The molecule has 0 atom stereocenters. The Morgan fingerprint density at radius 3 is 2.60 bits per heavy atom. The van der Waals surface area contributed by atoms with E-state index in [0.717, 1.165) is 5.69 Å². The maximum absolute atomic E-state index is 12.7. The molecule has 0 unspecified atom stereocenters. The number of nitrogens with zero attached hydrogens (tertiary/aromatic N) is 5. The molecule has 30 heavy (non-hydrogen) atoms. The minimum absolute atomic E-state index is 0.129. The highest BCUT2D eigenvalue weighted by atomic mass is 35.5. The van der Waals surface area contributed by atoms with Crippen molar-refractivity contribution in [2.24, 2.45) is 0 Å². The van der Waals surface area contributed by atoms with Crippen LogP contribution in [0.1, 0.15) is 0 Å². The van der Waals surface area contributed by atoms with Crippen LogP contribution >= 0.6 is 11.6 Å². The van der Waals surface area contributed by atoms with E-state index in [1.165, 1.54) is 29.1 Å². The van der Waals surface area contributed by atoms with Crippen molar-refractivity contribution < 1.29 is 9.72 Å². The molecule has 0 aliphatic carbocycles. The summed E-state index contributed by atoms with van der Waals surface area (Å²) in [5, 5.41) is 11.8. The summed E-state index contributed by atoms with van der Waals surface area (Å²) < 4.78 is 1.24. The van der Waals surface area contributed by atoms with Crippen molar-refractivity contribution in [3.63, 3.8) is 0 Å². The molecule has 0 spiro atoms. The number of rotatable bonds is 4. The predicted octanol–water partition coefficient (Wildman–Crippen LogP) is 2.31. The first kappa shape index (κ1) is 19.8. The van der Waals surface area contributed by atoms with Crippen molar-refractivity contribution in [3.8, 4) is 0 Å². The van der Waals surface area contributed by atoms with Gasteiger partial charge in [-0.05, 0) is 24.3 Å². The monoisotopic (exact) mass is 427 g/mol. The predicted molar refractivity (Wildman–Crippen MR) is 113 cm³/mol. The Morgan fingerprint density at radius 1 is 1.13 bits per heavy atom. The first-order valence-corrected chi connectivity index (χ1v) is 9.72. The number of anilines is 1. The van der Waals surface area contributed by atoms with Crippen molar-refractivity contribution >= 4 is 39.8 Å². The smallest absolute Gasteiger partial charge is 0.271 e. The van der Waals surface area contributed by atoms with E-state index in [4.69, 9.17) is 11.6 Å². The molecule has 1 amide bonds. The molecule has 3 aromatic rings. The molecule has 10 heteroatoms. The van der Waals surface area contributed by atoms with Crippen molar-refractivity contribution in [3.05, 3.63) is 74.3 Å². The van der Waals surface area contributed by atoms with Crippen LogP contribution in [0.15, 0.2) is 53.6 Å². The molecule has 1 aliphatic rings. The van der Waals surface area contributed by atoms with Gasteiger partial charge >= 0.3 is 0 Å². The number of nitro groups is 1. The summed E-state index contributed by atoms with van der Waals surface area (Å²) in [4.78, 5) is 43.7. The molecule has 1 fully saturated rings. The molecular formula is C20H18ClN5O4. The van der Waals surface area contributed by atoms with E-state index in [1.807, 2.05) is 24.3 Å². The minimum Gasteiger partial charge on any atom is -0.368 e. The highest BCUT2D eigenvalue weighted by Crippen LogP contribution is 2.21. The van der Waals surface area contributed by atoms with Gasteiger partial charge in [-0.1, -0.05) is 17.7 Å². The Balaban J connectivity index is 1.45. The number of benzene rings is 2. The summed E-state index contributed by atoms with van der Waals surface area (Å²) >= 11 is 6.05. The zero-order chi connectivity index (χ0) is 21.3. The van der Waals surface area contributed by atoms with Crippen LogP contribution in [0.4, 0.5) is 11.4 Å². The third-order valence-corrected chi connectivity index (χ3v) is 5.37. The minimum atomic E-state index is -0.542. The maximum Gasteiger partial charge on any atom is 0.271 e. The van der Waals surface area contributed by atoms with E-state index in [9.17, 15) is 19.7 Å². The number of nitro benzene ring substituents is 1. The Kier molecular flexibility index (Phi) is 5.37. The van der Waals surface area contributed by atoms with E-state index >= 15 is 0 Å². The van der Waals surface area contributed by atoms with Crippen LogP contribution in [0.3, 0.4) is 0 Å². The Labute approximate surface area is 176 Å². The van der Waals surface area contributed by atoms with Crippen LogP contribution in [0.2, 0.25) is 5.02 Å². The second-order valence-electron chi connectivity index (χ2n) is 6.98. The molecule has 1 saturated heterocycles. The lowest BCUT2D eigenvalue weighted by Crippen LogP contribution is -2.50. The van der Waals surface area contributed by atoms with Gasteiger partial charge in [0, 0.05) is 49.0 Å². The molecule has 2 aromatic carbocycles. The number of fused-ring (bicyclic) bond motifs is 1. The van der Waals surface area contributed by atoms with E-state index in [-0.39, 0.29) is 29.0 Å². The summed E-state index contributed by atoms with van der Waals surface area (Å²) in [6.45, 7) is 2.28. The van der Waals surface area contributed by atoms with E-state index in [1.54, 1.807) is 4.90 Å². The van der Waals surface area contributed by atoms with Crippen molar-refractivity contribution in [2.45, 2.75) is 6.54 Å². The summed E-state index contributed by atoms with van der Waals surface area (Å²) in [5.41, 5.74) is 0.702. The van der Waals surface area contributed by atoms with Crippen LogP contribution in [-0.4, -0.2) is 51.5 Å². The van der Waals surface area contributed by atoms with Crippen LogP contribution < -0.4 is 10.5 Å². The van der Waals surface area contributed by atoms with Crippen LogP contribution in [0.25, 0.3) is 10.9 Å². The van der Waals surface area contributed by atoms with Gasteiger partial charge in [0.05, 0.1) is 22.2 Å². The fourth-order valence-electron chi connectivity index (χ4n) is 3.51. The molecule has 2 heterocycles. The average molecular weight is 428 g/mol. The van der Waals surface area contributed by atoms with Crippen LogP contribution in [0.5, 0.6) is 0 Å². The second kappa shape index (κ2) is 8.11. The molecular weight excluding hydrogens is 410 g/mol. The zero-order valence-corrected chi connectivity index (χ0v) is 16.7. The van der Waals surface area contributed by atoms with E-state index in [2.05, 4.69) is 9.88 Å². The summed E-state index contributed by atoms with van der Waals surface area (Å²) in [6, 6.07) is 11.5. The SMILES string of the molecule is O=C(Cn1cnc2cc([N+](=O)[O-])ccc2c1=O)N1CCN(c2cccc(Cl)c2)CC1. The number of halogens is 1. The topological polar surface area (TPSA) is 102 Å². The molecule has 9 nitrogen and oxygen atoms in total. The molecule has 0 N–H and O–H groups in total. The molecule has 4 rings (SSSR count). The standard InChI is InChI=1S/C20H18ClN5O4/c21-14-2-1-3-15(10-14)23-6-8-24(9-7-23)19(27)12-25-13-22-18-11-16(26(29)30)4-5-17(18)20(25)28/h1-5,10-11,13H,6-9,12H2. The van der Waals surface area contributed by atoms with Crippen molar-refractivity contribution in [2.75, 3.05) is 31.1 Å². The fraction of sp³-hybridized carbons (Fsp3) is 0.250. The third kappa shape index (κ3) is 3.97. The zero-order valence-electron chi connectivity index (χ0n) is 15.9. The fourth-order valence-corrected chi connectivity index (χ4v) is 3.69. The number of aromatic nitrogens is 2. The summed E-state index contributed by atoms with van der Waals surface area (Å²) in [6.07, 6.45) is 1.26. The molecule has 0 bridgehead atoms. The van der Waals surface area contributed by atoms with Gasteiger partial charge in [0.15, 0.2) is 0 Å². The lowest BCUT2D eigenvalue weighted by atomic mass is 10.2. The van der Waals surface area contributed by atoms with Gasteiger partial charge in [-0.3, -0.25) is 24.3 Å². The number of hydrogen-bond donors (Lipinski definition) is 0. The van der Waals surface area contributed by atoms with Crippen molar-refractivity contribution in [1.29, 1.82) is 0 Å². The lowest BCUT2D eigenvalue weighted by Gasteiger charge is -2.36. The normalized spacial score (nSPS) is 14.2. The van der Waals surface area contributed by atoms with Gasteiger partial charge in [0.1, 0.15) is 6.54 Å². The average Bonchev–Trinajstić information content (AvgIpc) is 2.75. The maximum atomic E-state index is 12.7. The molecule has 154 valence electrons. The van der Waals surface area contributed by atoms with Gasteiger partial charge in [0.2, 0.25) is 5.91 Å². The molecule has 1 aliphatic heterocycles. The van der Waals surface area contributed by atoms with Gasteiger partial charge in [-0.25, -0.2) is 4.98 Å². The number of hydrogen-bond acceptors (Lipinski definition) is 6. The first-order chi connectivity index (χ1) is 14.4. The first-order valence-electron chi connectivity index (χ1n) is 9.34. The summed E-state index contributed by atoms with van der Waals surface area (Å²) in [5.74, 6) is -0.175. The van der Waals surface area contributed by atoms with Crippen molar-refractivity contribution in [1.82, 2.24) is 14.5 Å². The van der Waals surface area contributed by atoms with Gasteiger partial charge in [0.25, 0.3) is 11.2 Å². The largest absolute Gasteiger partial charge is 0.368 e. The lowest BCUT2D eigenvalue weighted by molar-refractivity contribution is -0.384. The van der Waals surface area contributed by atoms with Crippen LogP contribution in [0, 0.1) is 10.1 Å². The van der Waals surface area contributed by atoms with Gasteiger partial charge in [-0.2, -0.15) is 0 Å². The van der Waals surface area contributed by atoms with E-state index < -0.39 is 10.5 Å². The summed E-state index contributed by atoms with van der Waals surface area (Å²) in [7, 11) is 0. The van der Waals surface area contributed by atoms with E-state index in [0.29, 0.717) is 31.2 Å². The second-order valence-corrected chi connectivity index (χ2v) is 7.42. The molecule has 1 aromatic heterocycles. The number of carbonyl (C=O) groups excluding carboxylic acids is 1. The Bertz CT molecular complexity index is 1190. The number of amides is 1. The Morgan fingerprint density at radius 2 is 1.90 bits per heavy atom. The van der Waals surface area contributed by atoms with Gasteiger partial charge < -0.3 is 9.80 Å².